The second-order valence-electron chi connectivity index (χ2n) is 3.75. The first-order valence-electron chi connectivity index (χ1n) is 5.70. The fourth-order valence-corrected chi connectivity index (χ4v) is 1.65. The lowest BCUT2D eigenvalue weighted by molar-refractivity contribution is -0.211. The van der Waals surface area contributed by atoms with Gasteiger partial charge in [0.1, 0.15) is 5.69 Å². The second-order valence-corrected chi connectivity index (χ2v) is 3.75. The van der Waals surface area contributed by atoms with Crippen molar-refractivity contribution >= 4 is 5.97 Å². The number of nitrogens with zero attached hydrogens (tertiary/aromatic N) is 3. The Morgan fingerprint density at radius 3 is 2.50 bits per heavy atom. The Morgan fingerprint density at radius 2 is 1.95 bits per heavy atom. The summed E-state index contributed by atoms with van der Waals surface area (Å²) >= 11 is 0. The van der Waals surface area contributed by atoms with Crippen LogP contribution in [0.3, 0.4) is 0 Å². The third kappa shape index (κ3) is 2.63. The summed E-state index contributed by atoms with van der Waals surface area (Å²) in [6.07, 6.45) is -4.77. The number of rotatable bonds is 3. The van der Waals surface area contributed by atoms with Crippen LogP contribution in [0.25, 0.3) is 11.3 Å². The molecule has 2 rings (SSSR count). The number of ether oxygens (including phenoxy) is 1. The standard InChI is InChI=1S/C12H10F3N3O2/c1-2-20-11(19)9-10(8-6-4-3-5-7-8)18(17-16-9)12(13,14)15/h3-7H,2H2,1H3. The van der Waals surface area contributed by atoms with Gasteiger partial charge in [0.25, 0.3) is 0 Å². The molecular weight excluding hydrogens is 275 g/mol. The Morgan fingerprint density at radius 1 is 1.30 bits per heavy atom. The van der Waals surface area contributed by atoms with Crippen molar-refractivity contribution < 1.29 is 22.7 Å². The number of hydrogen-bond donors (Lipinski definition) is 0. The van der Waals surface area contributed by atoms with Crippen LogP contribution < -0.4 is 0 Å². The van der Waals surface area contributed by atoms with Gasteiger partial charge in [-0.3, -0.25) is 0 Å². The van der Waals surface area contributed by atoms with Crippen LogP contribution in [0.15, 0.2) is 30.3 Å². The van der Waals surface area contributed by atoms with Gasteiger partial charge in [0.05, 0.1) is 6.61 Å². The molecule has 0 aliphatic carbocycles. The van der Waals surface area contributed by atoms with Crippen LogP contribution >= 0.6 is 0 Å². The maximum absolute atomic E-state index is 12.9. The fraction of sp³-hybridized carbons (Fsp3) is 0.250. The zero-order valence-electron chi connectivity index (χ0n) is 10.4. The van der Waals surface area contributed by atoms with E-state index in [1.807, 2.05) is 0 Å². The van der Waals surface area contributed by atoms with E-state index in [9.17, 15) is 18.0 Å². The SMILES string of the molecule is CCOC(=O)c1nnn(C(F)(F)F)c1-c1ccccc1. The van der Waals surface area contributed by atoms with Crippen LogP contribution in [0.4, 0.5) is 13.2 Å². The highest BCUT2D eigenvalue weighted by Crippen LogP contribution is 2.31. The van der Waals surface area contributed by atoms with E-state index in [1.54, 1.807) is 25.1 Å². The molecule has 0 amide bonds. The largest absolute Gasteiger partial charge is 0.506 e. The van der Waals surface area contributed by atoms with Crippen molar-refractivity contribution in [2.45, 2.75) is 13.2 Å². The molecule has 8 heteroatoms. The highest BCUT2D eigenvalue weighted by atomic mass is 19.4. The molecule has 0 aliphatic heterocycles. The van der Waals surface area contributed by atoms with E-state index in [0.717, 1.165) is 0 Å². The average Bonchev–Trinajstić information content (AvgIpc) is 2.84. The number of hydrogen-bond acceptors (Lipinski definition) is 4. The number of aromatic nitrogens is 3. The van der Waals surface area contributed by atoms with Crippen LogP contribution in [0.5, 0.6) is 0 Å². The number of carbonyl (C=O) groups is 1. The maximum Gasteiger partial charge on any atom is 0.506 e. The predicted molar refractivity (Wildman–Crippen MR) is 62.7 cm³/mol. The van der Waals surface area contributed by atoms with Crippen molar-refractivity contribution in [3.05, 3.63) is 36.0 Å². The average molecular weight is 285 g/mol. The van der Waals surface area contributed by atoms with Crippen LogP contribution in [0.1, 0.15) is 17.4 Å². The summed E-state index contributed by atoms with van der Waals surface area (Å²) in [6, 6.07) is 7.62. The van der Waals surface area contributed by atoms with Crippen molar-refractivity contribution in [1.82, 2.24) is 15.0 Å². The van der Waals surface area contributed by atoms with Gasteiger partial charge < -0.3 is 4.74 Å². The molecule has 0 unspecified atom stereocenters. The Kier molecular flexibility index (Phi) is 3.73. The first kappa shape index (κ1) is 14.0. The van der Waals surface area contributed by atoms with Crippen LogP contribution in [0.2, 0.25) is 0 Å². The molecule has 0 bridgehead atoms. The number of carbonyl (C=O) groups excluding carboxylic acids is 1. The van der Waals surface area contributed by atoms with Gasteiger partial charge in [0.2, 0.25) is 0 Å². The molecule has 1 aromatic carbocycles. The van der Waals surface area contributed by atoms with E-state index in [0.29, 0.717) is 0 Å². The predicted octanol–water partition coefficient (Wildman–Crippen LogP) is 2.60. The third-order valence-electron chi connectivity index (χ3n) is 2.43. The zero-order valence-corrected chi connectivity index (χ0v) is 10.4. The molecule has 106 valence electrons. The van der Waals surface area contributed by atoms with E-state index in [-0.39, 0.29) is 16.9 Å². The molecule has 1 aromatic heterocycles. The van der Waals surface area contributed by atoms with E-state index in [2.05, 4.69) is 10.3 Å². The van der Waals surface area contributed by atoms with Gasteiger partial charge in [0.15, 0.2) is 5.69 Å². The molecule has 0 N–H and O–H groups in total. The molecule has 20 heavy (non-hydrogen) atoms. The van der Waals surface area contributed by atoms with E-state index >= 15 is 0 Å². The number of alkyl halides is 3. The van der Waals surface area contributed by atoms with Crippen molar-refractivity contribution in [3.8, 4) is 11.3 Å². The Balaban J connectivity index is 2.61. The summed E-state index contributed by atoms with van der Waals surface area (Å²) in [7, 11) is 0. The van der Waals surface area contributed by atoms with Gasteiger partial charge in [-0.05, 0) is 6.92 Å². The van der Waals surface area contributed by atoms with Crippen molar-refractivity contribution in [2.75, 3.05) is 6.61 Å². The topological polar surface area (TPSA) is 57.0 Å². The number of halogens is 3. The molecule has 0 fully saturated rings. The minimum absolute atomic E-state index is 0.0337. The zero-order chi connectivity index (χ0) is 14.8. The van der Waals surface area contributed by atoms with E-state index < -0.39 is 23.7 Å². The Labute approximate surface area is 112 Å². The van der Waals surface area contributed by atoms with Crippen LogP contribution in [-0.2, 0) is 11.0 Å². The van der Waals surface area contributed by atoms with Crippen LogP contribution in [0, 0.1) is 0 Å². The molecule has 0 radical (unpaired) electrons. The molecule has 0 aliphatic rings. The third-order valence-corrected chi connectivity index (χ3v) is 2.43. The molecule has 5 nitrogen and oxygen atoms in total. The summed E-state index contributed by atoms with van der Waals surface area (Å²) in [5, 5.41) is 6.30. The summed E-state index contributed by atoms with van der Waals surface area (Å²) in [5.74, 6) is -0.943. The minimum atomic E-state index is -4.77. The molecule has 1 heterocycles. The molecule has 0 saturated carbocycles. The van der Waals surface area contributed by atoms with Gasteiger partial charge >= 0.3 is 12.3 Å². The molecule has 0 atom stereocenters. The number of benzene rings is 1. The monoisotopic (exact) mass is 285 g/mol. The van der Waals surface area contributed by atoms with Crippen molar-refractivity contribution in [3.63, 3.8) is 0 Å². The molecule has 0 spiro atoms. The number of esters is 1. The summed E-state index contributed by atoms with van der Waals surface area (Å²) < 4.78 is 43.2. The lowest BCUT2D eigenvalue weighted by Gasteiger charge is -2.10. The van der Waals surface area contributed by atoms with E-state index in [1.165, 1.54) is 12.1 Å². The lowest BCUT2D eigenvalue weighted by atomic mass is 10.1. The van der Waals surface area contributed by atoms with Crippen LogP contribution in [-0.4, -0.2) is 27.6 Å². The Bertz CT molecular complexity index is 608. The molecular formula is C12H10F3N3O2. The van der Waals surface area contributed by atoms with Gasteiger partial charge in [0, 0.05) is 5.56 Å². The summed E-state index contributed by atoms with van der Waals surface area (Å²) in [6.45, 7) is 1.58. The highest BCUT2D eigenvalue weighted by Gasteiger charge is 2.38. The molecule has 2 aromatic rings. The highest BCUT2D eigenvalue weighted by molar-refractivity contribution is 5.94. The van der Waals surface area contributed by atoms with Gasteiger partial charge in [-0.15, -0.1) is 23.0 Å². The first-order valence-corrected chi connectivity index (χ1v) is 5.70. The maximum atomic E-state index is 12.9. The quantitative estimate of drug-likeness (QED) is 0.813. The Hall–Kier alpha value is -2.38. The second kappa shape index (κ2) is 5.32. The smallest absolute Gasteiger partial charge is 0.461 e. The van der Waals surface area contributed by atoms with Gasteiger partial charge in [-0.2, -0.15) is 0 Å². The summed E-state index contributed by atoms with van der Waals surface area (Å²) in [4.78, 5) is 11.7. The normalized spacial score (nSPS) is 11.4. The summed E-state index contributed by atoms with van der Waals surface area (Å²) in [5.41, 5.74) is -0.718. The van der Waals surface area contributed by atoms with E-state index in [4.69, 9.17) is 4.74 Å². The molecule has 0 saturated heterocycles. The first-order chi connectivity index (χ1) is 9.45. The van der Waals surface area contributed by atoms with Gasteiger partial charge in [-0.1, -0.05) is 35.5 Å². The van der Waals surface area contributed by atoms with Crippen molar-refractivity contribution in [2.24, 2.45) is 0 Å². The van der Waals surface area contributed by atoms with Gasteiger partial charge in [-0.25, -0.2) is 4.79 Å². The lowest BCUT2D eigenvalue weighted by Crippen LogP contribution is -2.20. The minimum Gasteiger partial charge on any atom is -0.461 e. The fourth-order valence-electron chi connectivity index (χ4n) is 1.65. The van der Waals surface area contributed by atoms with Crippen molar-refractivity contribution in [1.29, 1.82) is 0 Å².